The highest BCUT2D eigenvalue weighted by Crippen LogP contribution is 2.86. The molecule has 16 heavy (non-hydrogen) atoms. The van der Waals surface area contributed by atoms with Crippen LogP contribution in [-0.2, 0) is 11.2 Å². The van der Waals surface area contributed by atoms with Gasteiger partial charge in [0.1, 0.15) is 0 Å². The molecule has 1 saturated heterocycles. The van der Waals surface area contributed by atoms with E-state index in [-0.39, 0.29) is 0 Å². The quantitative estimate of drug-likeness (QED) is 0.495. The Morgan fingerprint density at radius 1 is 1.50 bits per heavy atom. The molecule has 2 aliphatic rings. The van der Waals surface area contributed by atoms with Crippen LogP contribution >= 0.6 is 40.4 Å². The first-order valence-electron chi connectivity index (χ1n) is 5.28. The highest BCUT2D eigenvalue weighted by molar-refractivity contribution is 9.44. The van der Waals surface area contributed by atoms with Crippen LogP contribution in [0.25, 0.3) is 0 Å². The summed E-state index contributed by atoms with van der Waals surface area (Å²) in [6.07, 6.45) is 2.66. The zero-order valence-corrected chi connectivity index (χ0v) is 12.1. The number of rotatable bonds is 4. The molecule has 0 bridgehead atoms. The Morgan fingerprint density at radius 3 is 3.06 bits per heavy atom. The molecule has 1 fully saturated rings. The van der Waals surface area contributed by atoms with Crippen molar-refractivity contribution in [2.75, 3.05) is 11.0 Å². The van der Waals surface area contributed by atoms with Crippen molar-refractivity contribution >= 4 is 40.4 Å². The van der Waals surface area contributed by atoms with E-state index in [9.17, 15) is 0 Å². The number of hydrogen-bond donors (Lipinski definition) is 1. The van der Waals surface area contributed by atoms with Gasteiger partial charge in [0.05, 0.1) is 17.1 Å². The lowest BCUT2D eigenvalue weighted by Gasteiger charge is -2.19. The van der Waals surface area contributed by atoms with Gasteiger partial charge in [-0.25, -0.2) is 0 Å². The molecule has 0 radical (unpaired) electrons. The summed E-state index contributed by atoms with van der Waals surface area (Å²) >= 11 is 4.35. The van der Waals surface area contributed by atoms with Gasteiger partial charge < -0.3 is 4.74 Å². The summed E-state index contributed by atoms with van der Waals surface area (Å²) in [5, 5.41) is 1.26. The van der Waals surface area contributed by atoms with Gasteiger partial charge in [-0.15, -0.1) is 11.7 Å². The summed E-state index contributed by atoms with van der Waals surface area (Å²) in [7, 11) is 3.16. The van der Waals surface area contributed by atoms with E-state index in [1.165, 1.54) is 22.6 Å². The molecule has 0 saturated carbocycles. The Labute approximate surface area is 110 Å². The molecule has 3 rings (SSSR count). The van der Waals surface area contributed by atoms with E-state index in [2.05, 4.69) is 35.9 Å². The summed E-state index contributed by atoms with van der Waals surface area (Å²) in [6, 6.07) is 8.67. The summed E-state index contributed by atoms with van der Waals surface area (Å²) in [5.74, 6) is 0.908. The van der Waals surface area contributed by atoms with Crippen LogP contribution < -0.4 is 0 Å². The van der Waals surface area contributed by atoms with Crippen LogP contribution in [0.5, 0.6) is 0 Å². The first kappa shape index (κ1) is 11.7. The lowest BCUT2D eigenvalue weighted by Crippen LogP contribution is -2.01. The maximum absolute atomic E-state index is 6.09. The van der Waals surface area contributed by atoms with E-state index in [4.69, 9.17) is 4.74 Å². The predicted octanol–water partition coefficient (Wildman–Crippen LogP) is 4.56. The largest absolute Gasteiger partial charge is 0.363 e. The standard InChI is InChI=1S/C11H14OS4/c13-15-16(8-14-16)7-12-11-6-5-9-3-1-2-4-10(9)11/h1-4,11,13H,5-8H2. The SMILES string of the molecule is SSS1(COC2CCc3ccccc32)CS1. The van der Waals surface area contributed by atoms with Crippen molar-refractivity contribution in [3.8, 4) is 0 Å². The lowest BCUT2D eigenvalue weighted by molar-refractivity contribution is 0.0918. The molecule has 5 heteroatoms. The third-order valence-corrected chi connectivity index (χ3v) is 14.1. The Morgan fingerprint density at radius 2 is 2.31 bits per heavy atom. The Hall–Kier alpha value is 0.580. The molecular weight excluding hydrogens is 276 g/mol. The molecule has 88 valence electrons. The number of thiol groups is 1. The number of ether oxygens (including phenoxy) is 1. The van der Waals surface area contributed by atoms with Crippen LogP contribution in [0.4, 0.5) is 0 Å². The fourth-order valence-corrected chi connectivity index (χ4v) is 9.77. The highest BCUT2D eigenvalue weighted by Gasteiger charge is 2.40. The number of benzene rings is 1. The molecule has 1 nitrogen and oxygen atoms in total. The molecule has 1 aliphatic carbocycles. The molecule has 1 aromatic rings. The number of hydrogen-bond acceptors (Lipinski definition) is 4. The van der Waals surface area contributed by atoms with Crippen molar-refractivity contribution in [2.45, 2.75) is 18.9 Å². The lowest BCUT2D eigenvalue weighted by atomic mass is 10.1. The van der Waals surface area contributed by atoms with E-state index >= 15 is 0 Å². The van der Waals surface area contributed by atoms with Crippen molar-refractivity contribution in [3.63, 3.8) is 0 Å². The molecule has 0 spiro atoms. The second-order valence-electron chi connectivity index (χ2n) is 4.06. The van der Waals surface area contributed by atoms with Crippen molar-refractivity contribution in [2.24, 2.45) is 0 Å². The van der Waals surface area contributed by atoms with E-state index in [1.54, 1.807) is 9.83 Å². The molecule has 1 heterocycles. The zero-order chi connectivity index (χ0) is 11.0. The molecule has 2 atom stereocenters. The van der Waals surface area contributed by atoms with E-state index < -0.39 is 8.09 Å². The Bertz CT molecular complexity index is 391. The average Bonchev–Trinajstić information content (AvgIpc) is 3.01. The molecule has 0 N–H and O–H groups in total. The normalized spacial score (nSPS) is 35.4. The first-order chi connectivity index (χ1) is 7.83. The predicted molar refractivity (Wildman–Crippen MR) is 80.1 cm³/mol. The third kappa shape index (κ3) is 2.25. The van der Waals surface area contributed by atoms with Gasteiger partial charge in [-0.1, -0.05) is 43.2 Å². The first-order valence-corrected chi connectivity index (χ1v) is 11.1. The molecule has 0 aromatic heterocycles. The van der Waals surface area contributed by atoms with Gasteiger partial charge in [-0.05, 0) is 33.8 Å². The maximum Gasteiger partial charge on any atom is 0.0957 e. The van der Waals surface area contributed by atoms with E-state index in [1.807, 2.05) is 10.8 Å². The van der Waals surface area contributed by atoms with Crippen LogP contribution in [0.1, 0.15) is 23.7 Å². The topological polar surface area (TPSA) is 9.23 Å². The summed E-state index contributed by atoms with van der Waals surface area (Å²) in [6.45, 7) is 0. The second kappa shape index (κ2) is 4.69. The van der Waals surface area contributed by atoms with Crippen LogP contribution in [0.2, 0.25) is 0 Å². The van der Waals surface area contributed by atoms with Crippen molar-refractivity contribution < 1.29 is 4.74 Å². The zero-order valence-electron chi connectivity index (χ0n) is 8.80. The van der Waals surface area contributed by atoms with Gasteiger partial charge in [-0.2, -0.15) is 0 Å². The summed E-state index contributed by atoms with van der Waals surface area (Å²) in [4.78, 5) is 0. The average molecular weight is 291 g/mol. The Kier molecular flexibility index (Phi) is 3.42. The third-order valence-electron chi connectivity index (χ3n) is 3.04. The molecule has 1 aromatic carbocycles. The fourth-order valence-electron chi connectivity index (χ4n) is 2.06. The van der Waals surface area contributed by atoms with E-state index in [0.29, 0.717) is 6.10 Å². The summed E-state index contributed by atoms with van der Waals surface area (Å²) in [5.41, 5.74) is 2.88. The monoisotopic (exact) mass is 290 g/mol. The van der Waals surface area contributed by atoms with Crippen LogP contribution in [0, 0.1) is 0 Å². The fraction of sp³-hybridized carbons (Fsp3) is 0.455. The van der Waals surface area contributed by atoms with Gasteiger partial charge in [-0.3, -0.25) is 0 Å². The van der Waals surface area contributed by atoms with Crippen molar-refractivity contribution in [3.05, 3.63) is 35.4 Å². The molecular formula is C11H14OS4. The van der Waals surface area contributed by atoms with Crippen LogP contribution in [0.15, 0.2) is 24.3 Å². The van der Waals surface area contributed by atoms with Gasteiger partial charge in [0.25, 0.3) is 0 Å². The second-order valence-corrected chi connectivity index (χ2v) is 14.1. The van der Waals surface area contributed by atoms with Crippen LogP contribution in [0.3, 0.4) is 0 Å². The Balaban J connectivity index is 1.65. The minimum absolute atomic E-state index is 0.335. The smallest absolute Gasteiger partial charge is 0.0957 e. The summed E-state index contributed by atoms with van der Waals surface area (Å²) < 4.78 is 6.09. The molecule has 1 aliphatic heterocycles. The maximum atomic E-state index is 6.09. The van der Waals surface area contributed by atoms with Gasteiger partial charge >= 0.3 is 0 Å². The van der Waals surface area contributed by atoms with Crippen molar-refractivity contribution in [1.29, 1.82) is 0 Å². The minimum Gasteiger partial charge on any atom is -0.363 e. The molecule has 2 unspecified atom stereocenters. The number of fused-ring (bicyclic) bond motifs is 1. The molecule has 0 amide bonds. The van der Waals surface area contributed by atoms with Crippen LogP contribution in [-0.4, -0.2) is 11.0 Å². The number of aryl methyl sites for hydroxylation is 1. The van der Waals surface area contributed by atoms with Gasteiger partial charge in [0.15, 0.2) is 0 Å². The van der Waals surface area contributed by atoms with Gasteiger partial charge in [0, 0.05) is 0 Å². The highest BCUT2D eigenvalue weighted by atomic mass is 33.7. The minimum atomic E-state index is -0.584. The van der Waals surface area contributed by atoms with E-state index in [0.717, 1.165) is 12.4 Å². The van der Waals surface area contributed by atoms with Gasteiger partial charge in [0.2, 0.25) is 0 Å². The van der Waals surface area contributed by atoms with Crippen molar-refractivity contribution in [1.82, 2.24) is 0 Å².